The zero-order valence-electron chi connectivity index (χ0n) is 87.3. The van der Waals surface area contributed by atoms with Gasteiger partial charge in [-0.2, -0.15) is 0 Å². The van der Waals surface area contributed by atoms with Crippen molar-refractivity contribution in [2.45, 2.75) is 78.7 Å². The number of likely N-dealkylation sites (N-methyl/N-ethyl adjacent to an activating group) is 3. The lowest BCUT2D eigenvalue weighted by molar-refractivity contribution is 0.0810. The fourth-order valence-electron chi connectivity index (χ4n) is 18.2. The van der Waals surface area contributed by atoms with Gasteiger partial charge < -0.3 is 62.4 Å². The smallest absolute Gasteiger partial charge is 0.119 e. The van der Waals surface area contributed by atoms with E-state index in [2.05, 4.69) is 250 Å². The number of methoxy groups -OCH3 is 5. The molecule has 760 valence electrons. The van der Waals surface area contributed by atoms with Gasteiger partial charge >= 0.3 is 0 Å². The van der Waals surface area contributed by atoms with Gasteiger partial charge in [-0.3, -0.25) is 4.90 Å². The van der Waals surface area contributed by atoms with E-state index in [1.807, 2.05) is 212 Å². The third-order valence-corrected chi connectivity index (χ3v) is 27.4. The number of allylic oxidation sites excluding steroid dienone is 2. The predicted octanol–water partition coefficient (Wildman–Crippen LogP) is 29.4. The maximum absolute atomic E-state index is 11.9. The van der Waals surface area contributed by atoms with Crippen molar-refractivity contribution in [2.75, 3.05) is 142 Å². The molecule has 17 rings (SSSR count). The summed E-state index contributed by atoms with van der Waals surface area (Å²) in [6, 6.07) is 133. The highest BCUT2D eigenvalue weighted by atomic mass is 35.5. The third kappa shape index (κ3) is 31.9. The van der Waals surface area contributed by atoms with Crippen molar-refractivity contribution in [2.24, 2.45) is 0 Å². The summed E-state index contributed by atoms with van der Waals surface area (Å²) in [4.78, 5) is 9.29. The van der Waals surface area contributed by atoms with Crippen LogP contribution in [-0.4, -0.2) is 166 Å². The summed E-state index contributed by atoms with van der Waals surface area (Å²) in [5.41, 5.74) is 23.9. The van der Waals surface area contributed by atoms with Gasteiger partial charge in [-0.1, -0.05) is 331 Å². The Bertz CT molecular complexity index is 6500. The Labute approximate surface area is 883 Å². The number of hydrogen-bond donors (Lipinski definition) is 1. The standard InChI is InChI=1S/C29H31NO2.C27H33NO3.C26H28ClNO.C26H29NO.C23H21ClO3/c1-31-26-14-16-28-24(21-26)11-15-27(22-7-3-2-4-8-22)29(28)23-9-12-25(13-10-23)32-20-19-30-17-5-6-18-30;1-4-28(5-2)19-20-31-26-17-13-24(14-18-26)27(29,23-9-7-6-8-10-23)21-22-11-15-25(30-3)16-12-22;1-3-28(4-2)19-20-29-24-17-15-22(16-18-24)25(21-11-7-5-8-12-21)26(27)23-13-9-6-10-14-23;1-4-25(21-11-7-5-8-12-21)26(22-13-9-6-10-14-22)23-15-17-24(18-16-23)28-20-19-27(2)3;1-25-19-10-4-16(5-11-19)22(17-6-12-20(26-2)13-7-17)23(24)18-8-14-21(27-3)15-9-18/h2-4,7-10,12-14,16,21H,5-6,11,15,17-20H2,1H3;6-18,29H,4-5,19-21H2,1-3H3;5-18H,3-4,19-20H2,1-2H3;5-18H,4,19-20H2,1-3H3;4-15H,1-3H3/b;;26-25+;26-25-;. The minimum absolute atomic E-state index is 0.461. The van der Waals surface area contributed by atoms with E-state index in [4.69, 9.17) is 65.8 Å². The zero-order chi connectivity index (χ0) is 103. The van der Waals surface area contributed by atoms with E-state index >= 15 is 0 Å². The van der Waals surface area contributed by atoms with Gasteiger partial charge in [0.2, 0.25) is 0 Å². The van der Waals surface area contributed by atoms with Crippen LogP contribution in [-0.2, 0) is 18.4 Å². The van der Waals surface area contributed by atoms with Gasteiger partial charge in [0, 0.05) is 43.7 Å². The van der Waals surface area contributed by atoms with Crippen LogP contribution in [0.2, 0.25) is 0 Å². The van der Waals surface area contributed by atoms with Gasteiger partial charge in [-0.15, -0.1) is 0 Å². The monoisotopic (exact) mass is 2000 g/mol. The topological polar surface area (TPSA) is 116 Å². The molecule has 0 saturated carbocycles. The van der Waals surface area contributed by atoms with Crippen molar-refractivity contribution in [3.8, 4) is 51.7 Å². The molecule has 1 aliphatic carbocycles. The molecule has 1 unspecified atom stereocenters. The lowest BCUT2D eigenvalue weighted by Crippen LogP contribution is -2.30. The predicted molar refractivity (Wildman–Crippen MR) is 612 cm³/mol. The highest BCUT2D eigenvalue weighted by Crippen LogP contribution is 2.45. The highest BCUT2D eigenvalue weighted by molar-refractivity contribution is 6.54. The molecule has 1 saturated heterocycles. The molecule has 0 radical (unpaired) electrons. The molecule has 0 bridgehead atoms. The number of fused-ring (bicyclic) bond motifs is 1. The molecule has 1 fully saturated rings. The van der Waals surface area contributed by atoms with Gasteiger partial charge in [0.25, 0.3) is 0 Å². The van der Waals surface area contributed by atoms with Crippen LogP contribution in [0.3, 0.4) is 0 Å². The second-order valence-electron chi connectivity index (χ2n) is 36.1. The summed E-state index contributed by atoms with van der Waals surface area (Å²) in [5, 5.41) is 13.3. The average Bonchev–Trinajstić information content (AvgIpc) is 0.956. The molecular formula is C131H142Cl2N4O10. The first-order valence-corrected chi connectivity index (χ1v) is 52.0. The van der Waals surface area contributed by atoms with Crippen LogP contribution < -0.4 is 42.6 Å². The highest BCUT2D eigenvalue weighted by Gasteiger charge is 2.33. The number of nitrogens with zero attached hydrogens (tertiary/aromatic N) is 4. The average molecular weight is 2000 g/mol. The van der Waals surface area contributed by atoms with Crippen molar-refractivity contribution in [1.29, 1.82) is 0 Å². The normalized spacial score (nSPS) is 12.8. The van der Waals surface area contributed by atoms with Gasteiger partial charge in [0.1, 0.15) is 83.8 Å². The molecule has 1 atom stereocenters. The minimum atomic E-state index is -1.14. The summed E-state index contributed by atoms with van der Waals surface area (Å²) < 4.78 is 50.3. The number of benzene rings is 15. The molecule has 1 aliphatic heterocycles. The molecule has 0 aromatic heterocycles. The zero-order valence-corrected chi connectivity index (χ0v) is 88.8. The van der Waals surface area contributed by atoms with Crippen molar-refractivity contribution in [1.82, 2.24) is 19.6 Å². The SMILES string of the molecule is CC/C(=C(\c1ccccc1)c1ccc(OCCN(C)C)cc1)c1ccccc1.CCN(CC)CCOc1ccc(/C(=C(/Cl)c2ccccc2)c2ccccc2)cc1.CCN(CC)CCOc1ccc(C(O)(Cc2ccc(OC)cc2)c2ccccc2)cc1.COc1ccc(C(Cl)=C(c2ccc(OC)cc2)c2ccc(OC)cc2)cc1.COc1ccc2c(c1)CCC(c1ccccc1)=C2c1ccc(OCCN2CCCC2)cc1. The molecule has 14 nitrogen and oxygen atoms in total. The number of aliphatic hydroxyl groups is 1. The van der Waals surface area contributed by atoms with Gasteiger partial charge in [0.15, 0.2) is 0 Å². The quantitative estimate of drug-likeness (QED) is 0.0367. The van der Waals surface area contributed by atoms with Crippen molar-refractivity contribution in [3.05, 3.63) is 483 Å². The Morgan fingerprint density at radius 1 is 0.320 bits per heavy atom. The first-order chi connectivity index (χ1) is 72.0. The fraction of sp³-hybridized carbons (Fsp3) is 0.252. The first kappa shape index (κ1) is 110. The molecule has 1 heterocycles. The second kappa shape index (κ2) is 58.3. The van der Waals surface area contributed by atoms with Crippen molar-refractivity contribution >= 4 is 66.7 Å². The summed E-state index contributed by atoms with van der Waals surface area (Å²) in [6.45, 7) is 24.0. The molecule has 147 heavy (non-hydrogen) atoms. The number of aryl methyl sites for hydroxylation is 1. The number of likely N-dealkylation sites (tertiary alicyclic amines) is 1. The Morgan fingerprint density at radius 2 is 0.646 bits per heavy atom. The van der Waals surface area contributed by atoms with Crippen LogP contribution in [0.1, 0.15) is 149 Å². The van der Waals surface area contributed by atoms with Crippen LogP contribution in [0.25, 0.3) is 43.5 Å². The van der Waals surface area contributed by atoms with E-state index in [1.54, 1.807) is 35.5 Å². The summed E-state index contributed by atoms with van der Waals surface area (Å²) in [7, 11) is 12.4. The molecule has 1 N–H and O–H groups in total. The van der Waals surface area contributed by atoms with Gasteiger partial charge in [0.05, 0.1) is 45.6 Å². The van der Waals surface area contributed by atoms with E-state index < -0.39 is 5.60 Å². The molecule has 0 spiro atoms. The van der Waals surface area contributed by atoms with Crippen LogP contribution in [0.15, 0.2) is 394 Å². The Morgan fingerprint density at radius 3 is 1.06 bits per heavy atom. The lowest BCUT2D eigenvalue weighted by atomic mass is 9.79. The number of ether oxygens (including phenoxy) is 9. The maximum atomic E-state index is 11.9. The number of rotatable bonds is 41. The Balaban J connectivity index is 0.000000154. The fourth-order valence-corrected chi connectivity index (χ4v) is 18.9. The van der Waals surface area contributed by atoms with Crippen molar-refractivity contribution in [3.63, 3.8) is 0 Å². The lowest BCUT2D eigenvalue weighted by Gasteiger charge is -2.30. The van der Waals surface area contributed by atoms with E-state index in [9.17, 15) is 5.11 Å². The van der Waals surface area contributed by atoms with E-state index in [0.29, 0.717) is 31.3 Å². The first-order valence-electron chi connectivity index (χ1n) is 51.3. The molecule has 0 amide bonds. The molecule has 15 aromatic carbocycles. The number of halogens is 2. The van der Waals surface area contributed by atoms with E-state index in [0.717, 1.165) is 196 Å². The molecule has 2 aliphatic rings. The maximum Gasteiger partial charge on any atom is 0.119 e. The van der Waals surface area contributed by atoms with Crippen LogP contribution in [0.4, 0.5) is 0 Å². The second-order valence-corrected chi connectivity index (χ2v) is 36.9. The van der Waals surface area contributed by atoms with E-state index in [1.165, 1.54) is 87.2 Å². The number of hydrogen-bond acceptors (Lipinski definition) is 14. The van der Waals surface area contributed by atoms with E-state index in [-0.39, 0.29) is 0 Å². The van der Waals surface area contributed by atoms with Crippen molar-refractivity contribution < 1.29 is 47.7 Å². The van der Waals surface area contributed by atoms with Gasteiger partial charge in [-0.05, 0) is 318 Å². The summed E-state index contributed by atoms with van der Waals surface area (Å²) in [5.74, 6) is 7.67. The summed E-state index contributed by atoms with van der Waals surface area (Å²) in [6.07, 6.45) is 6.12. The van der Waals surface area contributed by atoms with Crippen LogP contribution >= 0.6 is 23.2 Å². The summed E-state index contributed by atoms with van der Waals surface area (Å²) >= 11 is 13.7. The minimum Gasteiger partial charge on any atom is -0.497 e. The molecule has 16 heteroatoms. The molecular weight excluding hydrogens is 1860 g/mol. The van der Waals surface area contributed by atoms with Crippen LogP contribution in [0, 0.1) is 0 Å². The van der Waals surface area contributed by atoms with Crippen LogP contribution in [0.5, 0.6) is 51.7 Å². The Kier molecular flexibility index (Phi) is 43.6. The Hall–Kier alpha value is -14.2. The third-order valence-electron chi connectivity index (χ3n) is 26.6. The molecule has 15 aromatic rings. The van der Waals surface area contributed by atoms with Gasteiger partial charge in [-0.25, -0.2) is 0 Å². The largest absolute Gasteiger partial charge is 0.497 e.